The van der Waals surface area contributed by atoms with E-state index in [1.807, 2.05) is 24.3 Å². The summed E-state index contributed by atoms with van der Waals surface area (Å²) in [4.78, 5) is 4.39. The van der Waals surface area contributed by atoms with Gasteiger partial charge in [-0.25, -0.2) is 0 Å². The molecule has 1 atom stereocenters. The number of allylic oxidation sites excluding steroid dienone is 4. The maximum atomic E-state index is 9.42. The molecule has 0 saturated carbocycles. The van der Waals surface area contributed by atoms with E-state index in [2.05, 4.69) is 4.99 Å². The topological polar surface area (TPSA) is 78.8 Å². The highest BCUT2D eigenvalue weighted by Crippen LogP contribution is 2.18. The van der Waals surface area contributed by atoms with E-state index in [0.717, 1.165) is 5.56 Å². The second kappa shape index (κ2) is 7.14. The van der Waals surface area contributed by atoms with E-state index in [-0.39, 0.29) is 17.4 Å². The van der Waals surface area contributed by atoms with Gasteiger partial charge in [-0.15, -0.1) is 0 Å². The molecule has 108 valence electrons. The number of aliphatic hydroxyl groups excluding tert-OH is 1. The number of nitrogens with two attached hydrogens (primary N) is 1. The Morgan fingerprint density at radius 3 is 2.67 bits per heavy atom. The zero-order chi connectivity index (χ0) is 15.1. The summed E-state index contributed by atoms with van der Waals surface area (Å²) in [6.07, 6.45) is 12.7. The predicted octanol–water partition coefficient (Wildman–Crippen LogP) is 2.99. The van der Waals surface area contributed by atoms with Crippen LogP contribution in [0.3, 0.4) is 0 Å². The Morgan fingerprint density at radius 2 is 1.95 bits per heavy atom. The zero-order valence-corrected chi connectivity index (χ0v) is 11.6. The van der Waals surface area contributed by atoms with E-state index in [0.29, 0.717) is 12.1 Å². The fourth-order valence-electron chi connectivity index (χ4n) is 1.92. The quantitative estimate of drug-likeness (QED) is 0.743. The largest absolute Gasteiger partial charge is 0.508 e. The molecule has 21 heavy (non-hydrogen) atoms. The van der Waals surface area contributed by atoms with Crippen LogP contribution in [0.4, 0.5) is 0 Å². The number of rotatable bonds is 4. The molecular formula is C17H18N2O2. The van der Waals surface area contributed by atoms with Crippen LogP contribution in [-0.4, -0.2) is 16.4 Å². The minimum absolute atomic E-state index is 0.0630. The van der Waals surface area contributed by atoms with Crippen LogP contribution in [0.25, 0.3) is 0 Å². The van der Waals surface area contributed by atoms with Gasteiger partial charge < -0.3 is 15.9 Å². The first kappa shape index (κ1) is 14.7. The Bertz CT molecular complexity index is 623. The number of phenolic OH excluding ortho intramolecular Hbond substituents is 1. The molecule has 0 radical (unpaired) electrons. The van der Waals surface area contributed by atoms with Crippen molar-refractivity contribution < 1.29 is 10.2 Å². The first-order valence-corrected chi connectivity index (χ1v) is 6.67. The third-order valence-corrected chi connectivity index (χ3v) is 3.08. The van der Waals surface area contributed by atoms with Gasteiger partial charge in [-0.1, -0.05) is 30.4 Å². The molecule has 0 amide bonds. The molecule has 1 aromatic carbocycles. The third-order valence-electron chi connectivity index (χ3n) is 3.08. The predicted molar refractivity (Wildman–Crippen MR) is 85.1 cm³/mol. The van der Waals surface area contributed by atoms with Crippen molar-refractivity contribution in [1.82, 2.24) is 0 Å². The van der Waals surface area contributed by atoms with Gasteiger partial charge in [0.2, 0.25) is 0 Å². The van der Waals surface area contributed by atoms with Crippen LogP contribution in [0, 0.1) is 5.92 Å². The third kappa shape index (κ3) is 4.38. The Balaban J connectivity index is 2.01. The molecule has 1 aliphatic carbocycles. The molecule has 0 saturated heterocycles. The fraction of sp³-hybridized carbons (Fsp3) is 0.118. The summed E-state index contributed by atoms with van der Waals surface area (Å²) in [5, 5.41) is 18.6. The van der Waals surface area contributed by atoms with E-state index in [1.54, 1.807) is 36.6 Å². The van der Waals surface area contributed by atoms with Gasteiger partial charge in [-0.05, 0) is 29.8 Å². The monoisotopic (exact) mass is 282 g/mol. The first-order valence-electron chi connectivity index (χ1n) is 6.67. The second-order valence-electron chi connectivity index (χ2n) is 4.64. The summed E-state index contributed by atoms with van der Waals surface area (Å²) < 4.78 is 0. The molecule has 4 nitrogen and oxygen atoms in total. The van der Waals surface area contributed by atoms with E-state index < -0.39 is 0 Å². The van der Waals surface area contributed by atoms with Crippen molar-refractivity contribution in [3.8, 4) is 5.75 Å². The maximum Gasteiger partial charge on any atom is 0.115 e. The van der Waals surface area contributed by atoms with Gasteiger partial charge in [0.1, 0.15) is 11.5 Å². The highest BCUT2D eigenvalue weighted by Gasteiger charge is 2.07. The first-order chi connectivity index (χ1) is 10.2. The van der Waals surface area contributed by atoms with E-state index >= 15 is 0 Å². The van der Waals surface area contributed by atoms with Crippen molar-refractivity contribution >= 4 is 6.21 Å². The lowest BCUT2D eigenvalue weighted by Gasteiger charge is -2.07. The molecule has 0 aromatic heterocycles. The van der Waals surface area contributed by atoms with Gasteiger partial charge >= 0.3 is 0 Å². The molecule has 0 fully saturated rings. The standard InChI is InChI=1S/C17H18N2O2/c18-12-17(14-2-1-3-15(20)9-6-14)19-11-10-13-4-7-16(21)8-5-13/h1-9,11-12,14,20-21H,10,18H2/b17-12-,19-11?. The lowest BCUT2D eigenvalue weighted by atomic mass is 10.1. The molecular weight excluding hydrogens is 264 g/mol. The van der Waals surface area contributed by atoms with Crippen LogP contribution in [0.15, 0.2) is 77.3 Å². The number of aliphatic imine (C=N–C) groups is 1. The van der Waals surface area contributed by atoms with E-state index in [4.69, 9.17) is 5.73 Å². The van der Waals surface area contributed by atoms with Crippen LogP contribution in [0.5, 0.6) is 5.75 Å². The number of nitrogens with zero attached hydrogens (tertiary/aromatic N) is 1. The molecule has 0 aliphatic heterocycles. The van der Waals surface area contributed by atoms with Gasteiger partial charge in [0.15, 0.2) is 0 Å². The summed E-state index contributed by atoms with van der Waals surface area (Å²) in [5.41, 5.74) is 7.40. The van der Waals surface area contributed by atoms with Gasteiger partial charge in [-0.3, -0.25) is 4.99 Å². The average molecular weight is 282 g/mol. The molecule has 0 spiro atoms. The van der Waals surface area contributed by atoms with Crippen molar-refractivity contribution in [2.75, 3.05) is 0 Å². The lowest BCUT2D eigenvalue weighted by Crippen LogP contribution is -1.99. The van der Waals surface area contributed by atoms with Crippen LogP contribution < -0.4 is 5.73 Å². The van der Waals surface area contributed by atoms with Crippen LogP contribution in [0.2, 0.25) is 0 Å². The minimum atomic E-state index is -0.0630. The van der Waals surface area contributed by atoms with Gasteiger partial charge in [0.25, 0.3) is 0 Å². The fourth-order valence-corrected chi connectivity index (χ4v) is 1.92. The Morgan fingerprint density at radius 1 is 1.19 bits per heavy atom. The SMILES string of the molecule is N/C=C(\N=CCc1ccc(O)cc1)C1C=CC=C(O)C=C1. The summed E-state index contributed by atoms with van der Waals surface area (Å²) in [6, 6.07) is 6.99. The Kier molecular flexibility index (Phi) is 4.99. The van der Waals surface area contributed by atoms with E-state index in [9.17, 15) is 10.2 Å². The van der Waals surface area contributed by atoms with Crippen molar-refractivity contribution in [3.63, 3.8) is 0 Å². The second-order valence-corrected chi connectivity index (χ2v) is 4.64. The summed E-state index contributed by atoms with van der Waals surface area (Å²) >= 11 is 0. The van der Waals surface area contributed by atoms with E-state index in [1.165, 1.54) is 6.20 Å². The van der Waals surface area contributed by atoms with Crippen molar-refractivity contribution in [2.45, 2.75) is 6.42 Å². The summed E-state index contributed by atoms with van der Waals surface area (Å²) in [5.74, 6) is 0.393. The summed E-state index contributed by atoms with van der Waals surface area (Å²) in [7, 11) is 0. The number of aromatic hydroxyl groups is 1. The number of benzene rings is 1. The van der Waals surface area contributed by atoms with Crippen LogP contribution >= 0.6 is 0 Å². The normalized spacial score (nSPS) is 18.8. The smallest absolute Gasteiger partial charge is 0.115 e. The average Bonchev–Trinajstić information content (AvgIpc) is 2.70. The highest BCUT2D eigenvalue weighted by atomic mass is 16.3. The molecule has 1 unspecified atom stereocenters. The van der Waals surface area contributed by atoms with Crippen molar-refractivity contribution in [2.24, 2.45) is 16.6 Å². The number of aliphatic hydroxyl groups is 1. The number of hydrogen-bond donors (Lipinski definition) is 3. The molecule has 1 aliphatic rings. The maximum absolute atomic E-state index is 9.42. The minimum Gasteiger partial charge on any atom is -0.508 e. The van der Waals surface area contributed by atoms with Crippen molar-refractivity contribution in [1.29, 1.82) is 0 Å². The Hall–Kier alpha value is -2.75. The zero-order valence-electron chi connectivity index (χ0n) is 11.6. The summed E-state index contributed by atoms with van der Waals surface area (Å²) in [6.45, 7) is 0. The Labute approximate surface area is 124 Å². The van der Waals surface area contributed by atoms with Gasteiger partial charge in [-0.2, -0.15) is 0 Å². The number of phenols is 1. The lowest BCUT2D eigenvalue weighted by molar-refractivity contribution is 0.432. The number of hydrogen-bond acceptors (Lipinski definition) is 4. The molecule has 1 aromatic rings. The molecule has 0 heterocycles. The molecule has 4 N–H and O–H groups in total. The molecule has 4 heteroatoms. The molecule has 0 bridgehead atoms. The highest BCUT2D eigenvalue weighted by molar-refractivity contribution is 5.63. The van der Waals surface area contributed by atoms with Gasteiger partial charge in [0.05, 0.1) is 5.70 Å². The van der Waals surface area contributed by atoms with Crippen LogP contribution in [-0.2, 0) is 6.42 Å². The van der Waals surface area contributed by atoms with Gasteiger partial charge in [0, 0.05) is 24.8 Å². The molecule has 2 rings (SSSR count). The van der Waals surface area contributed by atoms with Crippen LogP contribution in [0.1, 0.15) is 5.56 Å². The van der Waals surface area contributed by atoms with Crippen molar-refractivity contribution in [3.05, 3.63) is 77.9 Å².